The maximum absolute atomic E-state index is 9.47. The van der Waals surface area contributed by atoms with Crippen molar-refractivity contribution in [1.82, 2.24) is 0 Å². The summed E-state index contributed by atoms with van der Waals surface area (Å²) in [6, 6.07) is 0. The van der Waals surface area contributed by atoms with Crippen LogP contribution in [0.1, 0.15) is 6.92 Å². The Bertz CT molecular complexity index is 79.4. The molecule has 3 nitrogen and oxygen atoms in total. The molecule has 0 heterocycles. The minimum absolute atomic E-state index is 0. The molecule has 0 unspecified atom stereocenters. The fraction of sp³-hybridized carbons (Fsp3) is 1.00. The van der Waals surface area contributed by atoms with Crippen LogP contribution in [0.4, 0.5) is 0 Å². The molecular formula is C2H5K2O3P. The molecule has 0 radical (unpaired) electrons. The van der Waals surface area contributed by atoms with Gasteiger partial charge in [-0.2, -0.15) is 0 Å². The van der Waals surface area contributed by atoms with E-state index in [1.807, 2.05) is 0 Å². The molecule has 0 rings (SSSR count). The van der Waals surface area contributed by atoms with Gasteiger partial charge in [0.2, 0.25) is 0 Å². The van der Waals surface area contributed by atoms with Crippen LogP contribution < -0.4 is 113 Å². The zero-order valence-corrected chi connectivity index (χ0v) is 12.5. The summed E-state index contributed by atoms with van der Waals surface area (Å²) in [4.78, 5) is 18.9. The summed E-state index contributed by atoms with van der Waals surface area (Å²) >= 11 is 0. The van der Waals surface area contributed by atoms with Crippen molar-refractivity contribution < 1.29 is 117 Å². The van der Waals surface area contributed by atoms with Crippen LogP contribution in [0.25, 0.3) is 0 Å². The van der Waals surface area contributed by atoms with Crippen LogP contribution in [-0.2, 0) is 4.57 Å². The number of rotatable bonds is 1. The van der Waals surface area contributed by atoms with E-state index in [1.54, 1.807) is 0 Å². The third-order valence-electron chi connectivity index (χ3n) is 0.387. The molecule has 6 heteroatoms. The van der Waals surface area contributed by atoms with Gasteiger partial charge in [0.1, 0.15) is 0 Å². The van der Waals surface area contributed by atoms with E-state index in [-0.39, 0.29) is 109 Å². The Hall–Kier alpha value is 3.42. The van der Waals surface area contributed by atoms with Gasteiger partial charge < -0.3 is 14.4 Å². The van der Waals surface area contributed by atoms with Crippen LogP contribution in [0.5, 0.6) is 0 Å². The van der Waals surface area contributed by atoms with E-state index < -0.39 is 7.60 Å². The van der Waals surface area contributed by atoms with E-state index in [0.717, 1.165) is 0 Å². The zero-order chi connectivity index (χ0) is 5.21. The molecule has 0 aliphatic rings. The summed E-state index contributed by atoms with van der Waals surface area (Å²) in [5, 5.41) is 0. The van der Waals surface area contributed by atoms with Gasteiger partial charge in [-0.1, -0.05) is 14.5 Å². The number of hydrogen-bond donors (Lipinski definition) is 0. The molecule has 0 N–H and O–H groups in total. The SMILES string of the molecule is CCP(=O)([O-])[O-].[K+].[K+]. The van der Waals surface area contributed by atoms with E-state index >= 15 is 0 Å². The van der Waals surface area contributed by atoms with Crippen LogP contribution in [-0.4, -0.2) is 6.16 Å². The topological polar surface area (TPSA) is 63.2 Å². The summed E-state index contributed by atoms with van der Waals surface area (Å²) in [6.45, 7) is 1.32. The van der Waals surface area contributed by atoms with Gasteiger partial charge >= 0.3 is 103 Å². The molecule has 0 aromatic carbocycles. The molecule has 0 saturated heterocycles. The van der Waals surface area contributed by atoms with Crippen molar-refractivity contribution >= 4 is 7.60 Å². The van der Waals surface area contributed by atoms with Crippen molar-refractivity contribution in [2.45, 2.75) is 6.92 Å². The molecule has 0 bridgehead atoms. The molecule has 0 aliphatic heterocycles. The Morgan fingerprint density at radius 3 is 1.50 bits per heavy atom. The molecule has 8 heavy (non-hydrogen) atoms. The molecule has 0 aromatic heterocycles. The summed E-state index contributed by atoms with van der Waals surface area (Å²) in [5.41, 5.74) is 0. The standard InChI is InChI=1S/C2H7O3P.2K/c1-2-6(3,4)5;;/h2H2,1H3,(H2,3,4,5);;/q;2*+1/p-2. The van der Waals surface area contributed by atoms with E-state index in [1.165, 1.54) is 6.92 Å². The molecular weight excluding hydrogens is 181 g/mol. The molecule has 0 amide bonds. The minimum atomic E-state index is -4.15. The second-order valence-electron chi connectivity index (χ2n) is 0.927. The average molecular weight is 186 g/mol. The van der Waals surface area contributed by atoms with Crippen LogP contribution in [0.2, 0.25) is 0 Å². The molecule has 0 saturated carbocycles. The van der Waals surface area contributed by atoms with E-state index in [9.17, 15) is 14.4 Å². The van der Waals surface area contributed by atoms with Gasteiger partial charge in [-0.05, 0) is 6.16 Å². The second-order valence-corrected chi connectivity index (χ2v) is 2.78. The first kappa shape index (κ1) is 17.5. The first-order valence-corrected chi connectivity index (χ1v) is 3.30. The Morgan fingerprint density at radius 1 is 1.38 bits per heavy atom. The molecule has 0 atom stereocenters. The van der Waals surface area contributed by atoms with E-state index in [4.69, 9.17) is 0 Å². The van der Waals surface area contributed by atoms with Crippen LogP contribution in [0.15, 0.2) is 0 Å². The van der Waals surface area contributed by atoms with Crippen LogP contribution in [0.3, 0.4) is 0 Å². The van der Waals surface area contributed by atoms with Gasteiger partial charge in [-0.3, -0.25) is 0 Å². The summed E-state index contributed by atoms with van der Waals surface area (Å²) in [7, 11) is -4.15. The normalized spacial score (nSPS) is 8.88. The molecule has 0 spiro atoms. The van der Waals surface area contributed by atoms with Crippen LogP contribution >= 0.6 is 7.60 Å². The zero-order valence-electron chi connectivity index (χ0n) is 5.38. The van der Waals surface area contributed by atoms with E-state index in [0.29, 0.717) is 0 Å². The monoisotopic (exact) mass is 186 g/mol. The smallest absolute Gasteiger partial charge is 0.811 e. The molecule has 0 aromatic rings. The van der Waals surface area contributed by atoms with Crippen molar-refractivity contribution in [3.05, 3.63) is 0 Å². The third-order valence-corrected chi connectivity index (χ3v) is 1.16. The Balaban J connectivity index is -0.000000125. The summed E-state index contributed by atoms with van der Waals surface area (Å²) < 4.78 is 9.47. The van der Waals surface area contributed by atoms with Gasteiger partial charge in [0, 0.05) is 0 Å². The van der Waals surface area contributed by atoms with Crippen molar-refractivity contribution in [2.24, 2.45) is 0 Å². The number of hydrogen-bond acceptors (Lipinski definition) is 3. The fourth-order valence-electron chi connectivity index (χ4n) is 0. The Kier molecular flexibility index (Phi) is 18.6. The first-order valence-electron chi connectivity index (χ1n) is 1.57. The maximum atomic E-state index is 9.47. The average Bonchev–Trinajstić information content (AvgIpc) is 1.35. The predicted molar refractivity (Wildman–Crippen MR) is 18.1 cm³/mol. The minimum Gasteiger partial charge on any atom is -0.811 e. The van der Waals surface area contributed by atoms with Crippen molar-refractivity contribution in [1.29, 1.82) is 0 Å². The summed E-state index contributed by atoms with van der Waals surface area (Å²) in [5.74, 6) is 0. The van der Waals surface area contributed by atoms with Gasteiger partial charge in [0.05, 0.1) is 0 Å². The Morgan fingerprint density at radius 2 is 1.50 bits per heavy atom. The van der Waals surface area contributed by atoms with Crippen molar-refractivity contribution in [3.8, 4) is 0 Å². The van der Waals surface area contributed by atoms with Crippen molar-refractivity contribution in [2.75, 3.05) is 6.16 Å². The molecule has 0 fully saturated rings. The summed E-state index contributed by atoms with van der Waals surface area (Å²) in [6.07, 6.45) is -0.285. The van der Waals surface area contributed by atoms with E-state index in [2.05, 4.69) is 0 Å². The van der Waals surface area contributed by atoms with Crippen LogP contribution in [0, 0.1) is 0 Å². The fourth-order valence-corrected chi connectivity index (χ4v) is 0. The Labute approximate surface area is 134 Å². The van der Waals surface area contributed by atoms with Gasteiger partial charge in [-0.25, -0.2) is 0 Å². The molecule has 38 valence electrons. The first-order chi connectivity index (χ1) is 2.56. The largest absolute Gasteiger partial charge is 1.00 e. The predicted octanol–water partition coefficient (Wildman–Crippen LogP) is -7.07. The second kappa shape index (κ2) is 8.52. The third kappa shape index (κ3) is 16.2. The van der Waals surface area contributed by atoms with Gasteiger partial charge in [0.15, 0.2) is 0 Å². The quantitative estimate of drug-likeness (QED) is 0.302. The maximum Gasteiger partial charge on any atom is 1.00 e. The van der Waals surface area contributed by atoms with Gasteiger partial charge in [-0.15, -0.1) is 0 Å². The van der Waals surface area contributed by atoms with Gasteiger partial charge in [0.25, 0.3) is 0 Å². The molecule has 0 aliphatic carbocycles. The van der Waals surface area contributed by atoms with Crippen molar-refractivity contribution in [3.63, 3.8) is 0 Å².